The molecule has 0 spiro atoms. The quantitative estimate of drug-likeness (QED) is 0.546. The average Bonchev–Trinajstić information content (AvgIpc) is 3.31. The van der Waals surface area contributed by atoms with Gasteiger partial charge >= 0.3 is 0 Å². The molecule has 1 saturated heterocycles. The summed E-state index contributed by atoms with van der Waals surface area (Å²) in [6.45, 7) is 1.92. The molecule has 0 bridgehead atoms. The minimum atomic E-state index is -3.74. The summed E-state index contributed by atoms with van der Waals surface area (Å²) in [5.74, 6) is 0. The van der Waals surface area contributed by atoms with Gasteiger partial charge < -0.3 is 4.90 Å². The van der Waals surface area contributed by atoms with Crippen LogP contribution in [0.3, 0.4) is 0 Å². The van der Waals surface area contributed by atoms with Crippen LogP contribution in [-0.4, -0.2) is 31.3 Å². The summed E-state index contributed by atoms with van der Waals surface area (Å²) in [4.78, 5) is 2.44. The first-order valence-electron chi connectivity index (χ1n) is 9.20. The van der Waals surface area contributed by atoms with Crippen LogP contribution in [-0.2, 0) is 17.1 Å². The number of anilines is 2. The minimum absolute atomic E-state index is 0.164. The first kappa shape index (κ1) is 20.3. The number of hydrogen-bond acceptors (Lipinski definition) is 4. The Kier molecular flexibility index (Phi) is 5.59. The van der Waals surface area contributed by atoms with E-state index in [1.165, 1.54) is 12.1 Å². The number of hydrogen-bond donors (Lipinski definition) is 1. The van der Waals surface area contributed by atoms with Gasteiger partial charge in [0.05, 0.1) is 26.9 Å². The summed E-state index contributed by atoms with van der Waals surface area (Å²) in [5, 5.41) is 4.77. The second-order valence-corrected chi connectivity index (χ2v) is 9.96. The van der Waals surface area contributed by atoms with Gasteiger partial charge in [-0.25, -0.2) is 8.42 Å². The van der Waals surface area contributed by atoms with E-state index in [0.717, 1.165) is 47.3 Å². The lowest BCUT2D eigenvalue weighted by atomic mass is 10.1. The molecule has 1 aliphatic heterocycles. The summed E-state index contributed by atoms with van der Waals surface area (Å²) in [6.07, 6.45) is 3.99. The molecule has 9 heteroatoms. The fourth-order valence-corrected chi connectivity index (χ4v) is 5.27. The topological polar surface area (TPSA) is 67.2 Å². The van der Waals surface area contributed by atoms with E-state index in [0.29, 0.717) is 10.7 Å². The number of nitrogens with one attached hydrogen (secondary N) is 1. The predicted octanol–water partition coefficient (Wildman–Crippen LogP) is 4.90. The van der Waals surface area contributed by atoms with Crippen LogP contribution in [0.15, 0.2) is 58.0 Å². The second-order valence-electron chi connectivity index (χ2n) is 6.99. The van der Waals surface area contributed by atoms with Gasteiger partial charge in [0.1, 0.15) is 0 Å². The number of rotatable bonds is 5. The van der Waals surface area contributed by atoms with E-state index in [1.54, 1.807) is 23.0 Å². The van der Waals surface area contributed by atoms with E-state index in [2.05, 4.69) is 36.7 Å². The second kappa shape index (κ2) is 8.01. The van der Waals surface area contributed by atoms with Crippen molar-refractivity contribution in [3.05, 3.63) is 58.2 Å². The van der Waals surface area contributed by atoms with Gasteiger partial charge in [0.25, 0.3) is 10.0 Å². The Labute approximate surface area is 183 Å². The zero-order valence-electron chi connectivity index (χ0n) is 15.8. The molecule has 6 nitrogen and oxygen atoms in total. The molecule has 29 heavy (non-hydrogen) atoms. The Hall–Kier alpha value is -2.03. The summed E-state index contributed by atoms with van der Waals surface area (Å²) in [5.41, 5.74) is 3.27. The van der Waals surface area contributed by atoms with Crippen LogP contribution in [0.5, 0.6) is 0 Å². The van der Waals surface area contributed by atoms with Crippen LogP contribution in [0.25, 0.3) is 11.3 Å². The van der Waals surface area contributed by atoms with Crippen molar-refractivity contribution in [2.24, 2.45) is 7.05 Å². The van der Waals surface area contributed by atoms with Crippen LogP contribution < -0.4 is 9.62 Å². The summed E-state index contributed by atoms with van der Waals surface area (Å²) in [7, 11) is -1.88. The predicted molar refractivity (Wildman–Crippen MR) is 120 cm³/mol. The molecule has 2 aromatic carbocycles. The zero-order chi connectivity index (χ0) is 20.6. The van der Waals surface area contributed by atoms with Gasteiger partial charge in [-0.2, -0.15) is 5.10 Å². The third kappa shape index (κ3) is 4.29. The molecule has 1 N–H and O–H groups in total. The fraction of sp³-hybridized carbons (Fsp3) is 0.250. The first-order chi connectivity index (χ1) is 13.8. The third-order valence-electron chi connectivity index (χ3n) is 4.93. The molecule has 1 aromatic heterocycles. The molecule has 0 atom stereocenters. The molecule has 1 aliphatic rings. The van der Waals surface area contributed by atoms with E-state index in [1.807, 2.05) is 19.2 Å². The van der Waals surface area contributed by atoms with Gasteiger partial charge in [0, 0.05) is 36.4 Å². The molecule has 0 saturated carbocycles. The van der Waals surface area contributed by atoms with Gasteiger partial charge in [0.2, 0.25) is 0 Å². The maximum atomic E-state index is 12.9. The van der Waals surface area contributed by atoms with Crippen LogP contribution in [0, 0.1) is 0 Å². The van der Waals surface area contributed by atoms with Crippen molar-refractivity contribution >= 4 is 48.9 Å². The van der Waals surface area contributed by atoms with E-state index in [4.69, 9.17) is 11.6 Å². The highest BCUT2D eigenvalue weighted by molar-refractivity contribution is 9.10. The summed E-state index contributed by atoms with van der Waals surface area (Å²) >= 11 is 9.43. The Morgan fingerprint density at radius 2 is 1.79 bits per heavy atom. The molecule has 3 aromatic rings. The Morgan fingerprint density at radius 1 is 1.10 bits per heavy atom. The van der Waals surface area contributed by atoms with Crippen LogP contribution in [0.2, 0.25) is 5.02 Å². The molecule has 0 radical (unpaired) electrons. The Bertz CT molecular complexity index is 1120. The van der Waals surface area contributed by atoms with Crippen LogP contribution >= 0.6 is 27.5 Å². The van der Waals surface area contributed by atoms with E-state index in [-0.39, 0.29) is 4.90 Å². The molecular formula is C20H20BrClN4O2S. The number of aryl methyl sites for hydroxylation is 1. The Balaban J connectivity index is 1.77. The Morgan fingerprint density at radius 3 is 2.41 bits per heavy atom. The van der Waals surface area contributed by atoms with Crippen molar-refractivity contribution in [2.75, 3.05) is 22.7 Å². The van der Waals surface area contributed by atoms with Crippen LogP contribution in [0.1, 0.15) is 12.8 Å². The monoisotopic (exact) mass is 494 g/mol. The SMILES string of the molecule is Cn1ncc(Br)c1-c1cc(NS(=O)(=O)c2ccc(Cl)cc2)cc(N2CCCC2)c1. The van der Waals surface area contributed by atoms with Crippen LogP contribution in [0.4, 0.5) is 11.4 Å². The maximum absolute atomic E-state index is 12.9. The highest BCUT2D eigenvalue weighted by Crippen LogP contribution is 2.35. The van der Waals surface area contributed by atoms with Gasteiger partial charge in [-0.3, -0.25) is 9.40 Å². The first-order valence-corrected chi connectivity index (χ1v) is 11.9. The van der Waals surface area contributed by atoms with E-state index < -0.39 is 10.0 Å². The number of halogens is 2. The third-order valence-corrected chi connectivity index (χ3v) is 7.16. The average molecular weight is 496 g/mol. The lowest BCUT2D eigenvalue weighted by molar-refractivity contribution is 0.601. The molecule has 4 rings (SSSR count). The largest absolute Gasteiger partial charge is 0.371 e. The molecule has 0 aliphatic carbocycles. The lowest BCUT2D eigenvalue weighted by Gasteiger charge is -2.20. The molecule has 1 fully saturated rings. The molecule has 2 heterocycles. The van der Waals surface area contributed by atoms with Crippen molar-refractivity contribution in [1.82, 2.24) is 9.78 Å². The number of aromatic nitrogens is 2. The van der Waals surface area contributed by atoms with Crippen molar-refractivity contribution in [1.29, 1.82) is 0 Å². The highest BCUT2D eigenvalue weighted by atomic mass is 79.9. The van der Waals surface area contributed by atoms with Gasteiger partial charge in [-0.05, 0) is 71.2 Å². The standard InChI is InChI=1S/C20H20BrClN4O2S/c1-25-20(19(21)13-23-25)14-10-16(12-17(11-14)26-8-2-3-9-26)24-29(27,28)18-6-4-15(22)5-7-18/h4-7,10-13,24H,2-3,8-9H2,1H3. The molecule has 152 valence electrons. The van der Waals surface area contributed by atoms with Crippen molar-refractivity contribution in [3.63, 3.8) is 0 Å². The van der Waals surface area contributed by atoms with E-state index in [9.17, 15) is 8.42 Å². The number of benzene rings is 2. The molecular weight excluding hydrogens is 476 g/mol. The van der Waals surface area contributed by atoms with Gasteiger partial charge in [-0.15, -0.1) is 0 Å². The molecule has 0 unspecified atom stereocenters. The fourth-order valence-electron chi connectivity index (χ4n) is 3.53. The van der Waals surface area contributed by atoms with Crippen molar-refractivity contribution < 1.29 is 8.42 Å². The normalized spacial score (nSPS) is 14.4. The summed E-state index contributed by atoms with van der Waals surface area (Å²) < 4.78 is 31.1. The summed E-state index contributed by atoms with van der Waals surface area (Å²) in [6, 6.07) is 11.9. The zero-order valence-corrected chi connectivity index (χ0v) is 18.9. The molecule has 0 amide bonds. The maximum Gasteiger partial charge on any atom is 0.261 e. The number of nitrogens with zero attached hydrogens (tertiary/aromatic N) is 3. The number of sulfonamides is 1. The highest BCUT2D eigenvalue weighted by Gasteiger charge is 2.20. The van der Waals surface area contributed by atoms with Crippen molar-refractivity contribution in [3.8, 4) is 11.3 Å². The smallest absolute Gasteiger partial charge is 0.261 e. The van der Waals surface area contributed by atoms with E-state index >= 15 is 0 Å². The van der Waals surface area contributed by atoms with Crippen molar-refractivity contribution in [2.45, 2.75) is 17.7 Å². The van der Waals surface area contributed by atoms with Gasteiger partial charge in [-0.1, -0.05) is 11.6 Å². The van der Waals surface area contributed by atoms with Gasteiger partial charge in [0.15, 0.2) is 0 Å². The minimum Gasteiger partial charge on any atom is -0.371 e. The lowest BCUT2D eigenvalue weighted by Crippen LogP contribution is -2.18.